The first-order chi connectivity index (χ1) is 12.0. The number of hydrogen-bond donors (Lipinski definition) is 2. The summed E-state index contributed by atoms with van der Waals surface area (Å²) >= 11 is 0. The molecule has 2 rings (SSSR count). The molecule has 2 atom stereocenters. The van der Waals surface area contributed by atoms with Crippen LogP contribution in [-0.2, 0) is 20.9 Å². The lowest BCUT2D eigenvalue weighted by Crippen LogP contribution is -2.51. The summed E-state index contributed by atoms with van der Waals surface area (Å²) < 4.78 is 16.0. The van der Waals surface area contributed by atoms with Gasteiger partial charge < -0.3 is 24.8 Å². The minimum absolute atomic E-state index is 0.251. The zero-order valence-corrected chi connectivity index (χ0v) is 14.8. The Labute approximate surface area is 147 Å². The van der Waals surface area contributed by atoms with Crippen LogP contribution in [-0.4, -0.2) is 32.3 Å². The van der Waals surface area contributed by atoms with Crippen molar-refractivity contribution in [2.75, 3.05) is 20.3 Å². The number of hydrogen-bond acceptors (Lipinski definition) is 5. The second-order valence-corrected chi connectivity index (χ2v) is 5.54. The van der Waals surface area contributed by atoms with Crippen LogP contribution in [0.1, 0.15) is 31.0 Å². The van der Waals surface area contributed by atoms with E-state index in [0.29, 0.717) is 24.7 Å². The lowest BCUT2D eigenvalue weighted by molar-refractivity contribution is -0.147. The molecule has 1 aromatic carbocycles. The second-order valence-electron chi connectivity index (χ2n) is 5.54. The summed E-state index contributed by atoms with van der Waals surface area (Å²) in [4.78, 5) is 24.2. The van der Waals surface area contributed by atoms with Crippen molar-refractivity contribution in [2.45, 2.75) is 26.5 Å². The Morgan fingerprint density at radius 3 is 2.68 bits per heavy atom. The molecule has 1 aliphatic heterocycles. The quantitative estimate of drug-likeness (QED) is 0.739. The maximum absolute atomic E-state index is 12.4. The van der Waals surface area contributed by atoms with Gasteiger partial charge in [0.05, 0.1) is 26.4 Å². The predicted octanol–water partition coefficient (Wildman–Crippen LogP) is 2.28. The van der Waals surface area contributed by atoms with Crippen molar-refractivity contribution >= 4 is 12.0 Å². The lowest BCUT2D eigenvalue weighted by atomic mass is 9.88. The van der Waals surface area contributed by atoms with Crippen molar-refractivity contribution in [2.24, 2.45) is 5.92 Å². The highest BCUT2D eigenvalue weighted by atomic mass is 16.5. The van der Waals surface area contributed by atoms with E-state index in [1.54, 1.807) is 20.1 Å². The van der Waals surface area contributed by atoms with E-state index in [1.165, 1.54) is 0 Å². The third kappa shape index (κ3) is 4.30. The average molecular weight is 348 g/mol. The Balaban J connectivity index is 2.38. The Morgan fingerprint density at radius 1 is 1.28 bits per heavy atom. The minimum atomic E-state index is -0.717. The van der Waals surface area contributed by atoms with E-state index in [0.717, 1.165) is 11.1 Å². The average Bonchev–Trinajstić information content (AvgIpc) is 2.59. The zero-order valence-electron chi connectivity index (χ0n) is 14.8. The maximum atomic E-state index is 12.4. The number of carbonyl (C=O) groups is 2. The van der Waals surface area contributed by atoms with Crippen molar-refractivity contribution in [1.82, 2.24) is 10.6 Å². The summed E-state index contributed by atoms with van der Waals surface area (Å²) in [7, 11) is 1.58. The number of benzene rings is 1. The summed E-state index contributed by atoms with van der Waals surface area (Å²) in [6, 6.07) is 4.49. The fraction of sp³-hybridized carbons (Fsp3) is 0.444. The van der Waals surface area contributed by atoms with Crippen LogP contribution in [0, 0.1) is 5.92 Å². The number of methoxy groups -OCH3 is 1. The molecule has 0 spiro atoms. The standard InChI is InChI=1S/C18H24N2O5/c1-5-24-10-13-9-12(7-8-14(13)23-4)16-15(17(21)25-6-2)11(3)19-18(22)20-16/h7-9,15-16H,3,5-6,10H2,1-2,4H3,(H2,19,20,22)/t15-,16+/m1/s1. The first kappa shape index (κ1) is 18.8. The van der Waals surface area contributed by atoms with Gasteiger partial charge in [0, 0.05) is 17.9 Å². The third-order valence-corrected chi connectivity index (χ3v) is 3.94. The predicted molar refractivity (Wildman–Crippen MR) is 92.0 cm³/mol. The van der Waals surface area contributed by atoms with Gasteiger partial charge in [-0.1, -0.05) is 12.6 Å². The number of carbonyl (C=O) groups excluding carboxylic acids is 2. The number of ether oxygens (including phenoxy) is 3. The molecule has 2 N–H and O–H groups in total. The van der Waals surface area contributed by atoms with E-state index < -0.39 is 24.0 Å². The molecule has 1 fully saturated rings. The molecule has 1 heterocycles. The summed E-state index contributed by atoms with van der Waals surface area (Å²) in [5.41, 5.74) is 1.90. The number of urea groups is 1. The summed E-state index contributed by atoms with van der Waals surface area (Å²) in [6.07, 6.45) is 0. The maximum Gasteiger partial charge on any atom is 0.319 e. The number of rotatable bonds is 7. The molecular formula is C18H24N2O5. The van der Waals surface area contributed by atoms with Gasteiger partial charge in [0.2, 0.25) is 0 Å². The second kappa shape index (κ2) is 8.53. The molecule has 1 aliphatic rings. The molecule has 0 saturated carbocycles. The topological polar surface area (TPSA) is 85.9 Å². The van der Waals surface area contributed by atoms with Gasteiger partial charge in [0.25, 0.3) is 0 Å². The Hall–Kier alpha value is -2.54. The van der Waals surface area contributed by atoms with Gasteiger partial charge in [-0.15, -0.1) is 0 Å². The van der Waals surface area contributed by atoms with E-state index >= 15 is 0 Å². The van der Waals surface area contributed by atoms with E-state index in [1.807, 2.05) is 19.1 Å². The van der Waals surface area contributed by atoms with Gasteiger partial charge in [0.15, 0.2) is 0 Å². The van der Waals surface area contributed by atoms with Gasteiger partial charge in [-0.25, -0.2) is 4.79 Å². The number of nitrogens with one attached hydrogen (secondary N) is 2. The van der Waals surface area contributed by atoms with Crippen LogP contribution in [0.4, 0.5) is 4.79 Å². The van der Waals surface area contributed by atoms with E-state index in [2.05, 4.69) is 17.2 Å². The van der Waals surface area contributed by atoms with Crippen molar-refractivity contribution in [3.8, 4) is 5.75 Å². The number of esters is 1. The van der Waals surface area contributed by atoms with Crippen LogP contribution in [0.2, 0.25) is 0 Å². The molecule has 7 heteroatoms. The highest BCUT2D eigenvalue weighted by Crippen LogP contribution is 2.33. The zero-order chi connectivity index (χ0) is 18.4. The van der Waals surface area contributed by atoms with Gasteiger partial charge in [-0.3, -0.25) is 4.79 Å². The fourth-order valence-electron chi connectivity index (χ4n) is 2.79. The molecule has 7 nitrogen and oxygen atoms in total. The van der Waals surface area contributed by atoms with Crippen molar-refractivity contribution in [3.63, 3.8) is 0 Å². The van der Waals surface area contributed by atoms with Gasteiger partial charge in [-0.05, 0) is 31.5 Å². The lowest BCUT2D eigenvalue weighted by Gasteiger charge is -2.33. The highest BCUT2D eigenvalue weighted by Gasteiger charge is 2.39. The highest BCUT2D eigenvalue weighted by molar-refractivity contribution is 5.85. The molecule has 25 heavy (non-hydrogen) atoms. The first-order valence-corrected chi connectivity index (χ1v) is 8.19. The van der Waals surface area contributed by atoms with Crippen LogP contribution >= 0.6 is 0 Å². The molecule has 0 unspecified atom stereocenters. The van der Waals surface area contributed by atoms with Crippen molar-refractivity contribution in [1.29, 1.82) is 0 Å². The smallest absolute Gasteiger partial charge is 0.319 e. The normalized spacial score (nSPS) is 19.8. The largest absolute Gasteiger partial charge is 0.496 e. The summed E-state index contributed by atoms with van der Waals surface area (Å²) in [6.45, 7) is 8.64. The molecule has 136 valence electrons. The van der Waals surface area contributed by atoms with Crippen LogP contribution in [0.15, 0.2) is 30.5 Å². The molecule has 2 amide bonds. The third-order valence-electron chi connectivity index (χ3n) is 3.94. The van der Waals surface area contributed by atoms with E-state index in [-0.39, 0.29) is 6.61 Å². The Bertz CT molecular complexity index is 659. The van der Waals surface area contributed by atoms with Crippen molar-refractivity contribution in [3.05, 3.63) is 41.6 Å². The number of amides is 2. The molecular weight excluding hydrogens is 324 g/mol. The van der Waals surface area contributed by atoms with Gasteiger partial charge in [-0.2, -0.15) is 0 Å². The Kier molecular flexibility index (Phi) is 6.41. The SMILES string of the molecule is C=C1NC(=O)N[C@@H](c2ccc(OC)c(COCC)c2)[C@@H]1C(=O)OCC. The molecule has 0 aromatic heterocycles. The van der Waals surface area contributed by atoms with E-state index in [9.17, 15) is 9.59 Å². The summed E-state index contributed by atoms with van der Waals surface area (Å²) in [5.74, 6) is -0.470. The summed E-state index contributed by atoms with van der Waals surface area (Å²) in [5, 5.41) is 5.33. The van der Waals surface area contributed by atoms with Crippen LogP contribution in [0.5, 0.6) is 5.75 Å². The van der Waals surface area contributed by atoms with Gasteiger partial charge in [0.1, 0.15) is 11.7 Å². The molecule has 0 radical (unpaired) electrons. The van der Waals surface area contributed by atoms with E-state index in [4.69, 9.17) is 14.2 Å². The monoisotopic (exact) mass is 348 g/mol. The molecule has 0 aliphatic carbocycles. The molecule has 1 saturated heterocycles. The van der Waals surface area contributed by atoms with Gasteiger partial charge >= 0.3 is 12.0 Å². The fourth-order valence-corrected chi connectivity index (χ4v) is 2.79. The van der Waals surface area contributed by atoms with Crippen LogP contribution in [0.3, 0.4) is 0 Å². The molecule has 1 aromatic rings. The first-order valence-electron chi connectivity index (χ1n) is 8.19. The van der Waals surface area contributed by atoms with Crippen LogP contribution in [0.25, 0.3) is 0 Å². The van der Waals surface area contributed by atoms with Crippen LogP contribution < -0.4 is 15.4 Å². The molecule has 0 bridgehead atoms. The minimum Gasteiger partial charge on any atom is -0.496 e. The Morgan fingerprint density at radius 2 is 2.04 bits per heavy atom. The van der Waals surface area contributed by atoms with Crippen molar-refractivity contribution < 1.29 is 23.8 Å².